The predicted molar refractivity (Wildman–Crippen MR) is 118 cm³/mol. The third kappa shape index (κ3) is 12.9. The predicted octanol–water partition coefficient (Wildman–Crippen LogP) is 7.21. The molecule has 4 heteroatoms. The molecule has 146 valence electrons. The Morgan fingerprint density at radius 1 is 0.920 bits per heavy atom. The van der Waals surface area contributed by atoms with E-state index in [-0.39, 0.29) is 6.42 Å². The summed E-state index contributed by atoms with van der Waals surface area (Å²) in [5.74, 6) is -0.703. The molecule has 0 bridgehead atoms. The minimum absolute atomic E-state index is 0.179. The van der Waals surface area contributed by atoms with E-state index < -0.39 is 32.4 Å². The standard InChI is InChI=1S/C9H15O2Si.3C4H9.Sn/c1-5-8(6-9(10)11)7-12(2,3)4;3*1-3-4-2;/h1,5,7H,6H2,2-4H3,(H,10,11);3*1,3-4H2,2H3;/b5-1?,8-7+;;;;. The number of hydrogen-bond acceptors (Lipinski definition) is 1. The molecule has 0 saturated heterocycles. The first-order valence-corrected chi connectivity index (χ1v) is 21.6. The maximum atomic E-state index is 11.3. The normalized spacial score (nSPS) is 13.6. The molecule has 0 amide bonds. The number of aliphatic carboxylic acids is 1. The second kappa shape index (κ2) is 13.2. The van der Waals surface area contributed by atoms with Crippen molar-refractivity contribution in [1.82, 2.24) is 0 Å². The molecular weight excluding hydrogens is 431 g/mol. The third-order valence-corrected chi connectivity index (χ3v) is 20.0. The molecule has 0 saturated carbocycles. The van der Waals surface area contributed by atoms with E-state index >= 15 is 0 Å². The van der Waals surface area contributed by atoms with Crippen LogP contribution in [0.25, 0.3) is 0 Å². The van der Waals surface area contributed by atoms with Gasteiger partial charge >= 0.3 is 162 Å². The second-order valence-electron chi connectivity index (χ2n) is 8.66. The van der Waals surface area contributed by atoms with Crippen molar-refractivity contribution in [3.8, 4) is 0 Å². The van der Waals surface area contributed by atoms with Gasteiger partial charge in [-0.3, -0.25) is 0 Å². The molecular formula is C21H42O2SiSn. The quantitative estimate of drug-likeness (QED) is 0.214. The van der Waals surface area contributed by atoms with Gasteiger partial charge in [-0.05, 0) is 0 Å². The van der Waals surface area contributed by atoms with E-state index in [1.54, 1.807) is 0 Å². The molecule has 0 unspecified atom stereocenters. The van der Waals surface area contributed by atoms with Crippen molar-refractivity contribution in [1.29, 1.82) is 0 Å². The number of carbonyl (C=O) groups is 1. The fraction of sp³-hybridized carbons (Fsp3) is 0.762. The van der Waals surface area contributed by atoms with Crippen LogP contribution in [0.2, 0.25) is 33.0 Å². The summed E-state index contributed by atoms with van der Waals surface area (Å²) in [6.45, 7) is 13.7. The number of allylic oxidation sites excluding steroid dienone is 1. The van der Waals surface area contributed by atoms with Crippen molar-refractivity contribution >= 4 is 32.4 Å². The van der Waals surface area contributed by atoms with Gasteiger partial charge in [0.25, 0.3) is 0 Å². The van der Waals surface area contributed by atoms with Gasteiger partial charge in [-0.1, -0.05) is 0 Å². The van der Waals surface area contributed by atoms with Crippen LogP contribution in [0.5, 0.6) is 0 Å². The topological polar surface area (TPSA) is 37.3 Å². The van der Waals surface area contributed by atoms with Gasteiger partial charge in [-0.25, -0.2) is 0 Å². The molecule has 0 aliphatic carbocycles. The zero-order chi connectivity index (χ0) is 19.3. The zero-order valence-corrected chi connectivity index (χ0v) is 21.5. The Kier molecular flexibility index (Phi) is 13.2. The van der Waals surface area contributed by atoms with Crippen molar-refractivity contribution in [3.63, 3.8) is 0 Å². The van der Waals surface area contributed by atoms with Crippen LogP contribution in [-0.2, 0) is 4.79 Å². The Balaban J connectivity index is 5.58. The number of hydrogen-bond donors (Lipinski definition) is 1. The van der Waals surface area contributed by atoms with Gasteiger partial charge in [0.05, 0.1) is 0 Å². The molecule has 0 rings (SSSR count). The summed E-state index contributed by atoms with van der Waals surface area (Å²) in [5.41, 5.74) is 3.34. The van der Waals surface area contributed by atoms with Gasteiger partial charge in [0.1, 0.15) is 0 Å². The molecule has 0 atom stereocenters. The van der Waals surface area contributed by atoms with E-state index in [1.165, 1.54) is 51.8 Å². The molecule has 0 heterocycles. The van der Waals surface area contributed by atoms with E-state index in [9.17, 15) is 9.90 Å². The van der Waals surface area contributed by atoms with Crippen LogP contribution in [0.15, 0.2) is 21.4 Å². The van der Waals surface area contributed by atoms with Gasteiger partial charge in [0.2, 0.25) is 0 Å². The van der Waals surface area contributed by atoms with Crippen molar-refractivity contribution in [2.45, 2.75) is 98.7 Å². The van der Waals surface area contributed by atoms with Crippen molar-refractivity contribution in [2.24, 2.45) is 0 Å². The van der Waals surface area contributed by atoms with E-state index in [2.05, 4.69) is 56.3 Å². The van der Waals surface area contributed by atoms with E-state index in [0.717, 1.165) is 5.57 Å². The molecule has 0 aromatic rings. The zero-order valence-electron chi connectivity index (χ0n) is 17.7. The Bertz CT molecular complexity index is 414. The van der Waals surface area contributed by atoms with Crippen LogP contribution in [-0.4, -0.2) is 37.5 Å². The second-order valence-corrected chi connectivity index (χ2v) is 26.7. The molecule has 0 spiro atoms. The molecule has 0 aromatic heterocycles. The van der Waals surface area contributed by atoms with E-state index in [1.807, 2.05) is 0 Å². The van der Waals surface area contributed by atoms with Crippen LogP contribution in [0.3, 0.4) is 0 Å². The average Bonchev–Trinajstić information content (AvgIpc) is 2.51. The first kappa shape index (κ1) is 25.0. The number of carboxylic acid groups (broad SMARTS) is 1. The fourth-order valence-electron chi connectivity index (χ4n) is 3.38. The van der Waals surface area contributed by atoms with Gasteiger partial charge in [-0.15, -0.1) is 0 Å². The Labute approximate surface area is 162 Å². The fourth-order valence-corrected chi connectivity index (χ4v) is 18.9. The summed E-state index contributed by atoms with van der Waals surface area (Å²) < 4.78 is 6.92. The van der Waals surface area contributed by atoms with Gasteiger partial charge in [0.15, 0.2) is 0 Å². The molecule has 2 nitrogen and oxygen atoms in total. The molecule has 0 fully saturated rings. The summed E-state index contributed by atoms with van der Waals surface area (Å²) in [5, 5.41) is 9.29. The minimum atomic E-state index is -2.31. The van der Waals surface area contributed by atoms with Crippen LogP contribution >= 0.6 is 0 Å². The van der Waals surface area contributed by atoms with E-state index in [4.69, 9.17) is 0 Å². The maximum absolute atomic E-state index is 11.3. The number of carboxylic acids is 1. The molecule has 0 radical (unpaired) electrons. The van der Waals surface area contributed by atoms with Gasteiger partial charge < -0.3 is 0 Å². The Hall–Kier alpha value is -0.0344. The van der Waals surface area contributed by atoms with Crippen molar-refractivity contribution in [2.75, 3.05) is 0 Å². The van der Waals surface area contributed by atoms with Gasteiger partial charge in [0, 0.05) is 0 Å². The average molecular weight is 473 g/mol. The van der Waals surface area contributed by atoms with Crippen LogP contribution in [0.4, 0.5) is 0 Å². The van der Waals surface area contributed by atoms with Crippen LogP contribution < -0.4 is 0 Å². The summed E-state index contributed by atoms with van der Waals surface area (Å²) >= 11 is -2.31. The molecule has 0 aromatic carbocycles. The van der Waals surface area contributed by atoms with Crippen LogP contribution in [0.1, 0.15) is 65.7 Å². The van der Waals surface area contributed by atoms with Crippen LogP contribution in [0, 0.1) is 0 Å². The summed E-state index contributed by atoms with van der Waals surface area (Å²) in [6, 6.07) is 0. The number of unbranched alkanes of at least 4 members (excludes halogenated alkanes) is 3. The van der Waals surface area contributed by atoms with Crippen molar-refractivity contribution < 1.29 is 9.90 Å². The number of rotatable bonds is 14. The summed E-state index contributed by atoms with van der Waals surface area (Å²) in [7, 11) is -1.41. The molecule has 1 N–H and O–H groups in total. The van der Waals surface area contributed by atoms with E-state index in [0.29, 0.717) is 0 Å². The first-order valence-electron chi connectivity index (χ1n) is 10.3. The first-order chi connectivity index (χ1) is 11.7. The Morgan fingerprint density at radius 2 is 1.36 bits per heavy atom. The SMILES string of the molecule is CCC[CH2][Sn](/[CH]=C/C(=C\[Si](C)(C)C)CC(=O)O)([CH2]CCC)[CH2]CCC. The monoisotopic (exact) mass is 474 g/mol. The molecule has 25 heavy (non-hydrogen) atoms. The molecule has 0 aliphatic rings. The summed E-state index contributed by atoms with van der Waals surface area (Å²) in [4.78, 5) is 11.3. The Morgan fingerprint density at radius 3 is 1.68 bits per heavy atom. The summed E-state index contributed by atoms with van der Waals surface area (Å²) in [6.07, 6.45) is 10.3. The van der Waals surface area contributed by atoms with Gasteiger partial charge in [-0.2, -0.15) is 0 Å². The third-order valence-electron chi connectivity index (χ3n) is 4.71. The molecule has 0 aliphatic heterocycles. The van der Waals surface area contributed by atoms with Crippen molar-refractivity contribution in [3.05, 3.63) is 21.4 Å².